The summed E-state index contributed by atoms with van der Waals surface area (Å²) in [5, 5.41) is 0. The highest BCUT2D eigenvalue weighted by Gasteiger charge is 2.25. The third kappa shape index (κ3) is 2.80. The molecule has 2 nitrogen and oxygen atoms in total. The number of nitrogens with zero attached hydrogens (tertiary/aromatic N) is 1. The lowest BCUT2D eigenvalue weighted by Crippen LogP contribution is -2.29. The summed E-state index contributed by atoms with van der Waals surface area (Å²) in [6.45, 7) is 8.61. The molecule has 1 fully saturated rings. The second-order valence-corrected chi connectivity index (χ2v) is 6.13. The monoisotopic (exact) mass is 233 g/mol. The third-order valence-corrected chi connectivity index (χ3v) is 3.78. The molecular weight excluding hydrogens is 210 g/mol. The second-order valence-electron chi connectivity index (χ2n) is 6.13. The van der Waals surface area contributed by atoms with Gasteiger partial charge in [0, 0.05) is 18.7 Å². The zero-order chi connectivity index (χ0) is 12.5. The number of carbonyl (C=O) groups excluding carboxylic acids is 1. The Morgan fingerprint density at radius 2 is 1.76 bits per heavy atom. The molecule has 0 aromatic heterocycles. The lowest BCUT2D eigenvalue weighted by Gasteiger charge is -2.27. The molecule has 94 valence electrons. The predicted molar refractivity (Wildman–Crippen MR) is 70.7 cm³/mol. The maximum absolute atomic E-state index is 12.2. The maximum Gasteiger partial charge on any atom is 0.249 e. The fourth-order valence-corrected chi connectivity index (χ4v) is 2.56. The molecule has 1 heterocycles. The Morgan fingerprint density at radius 3 is 2.24 bits per heavy atom. The summed E-state index contributed by atoms with van der Waals surface area (Å²) < 4.78 is 0. The van der Waals surface area contributed by atoms with E-state index < -0.39 is 0 Å². The van der Waals surface area contributed by atoms with Crippen molar-refractivity contribution in [3.05, 3.63) is 23.3 Å². The van der Waals surface area contributed by atoms with Gasteiger partial charge < -0.3 is 4.90 Å². The molecule has 2 aliphatic rings. The molecule has 2 rings (SSSR count). The number of rotatable bonds is 1. The van der Waals surface area contributed by atoms with Crippen LogP contribution in [-0.4, -0.2) is 23.9 Å². The Balaban J connectivity index is 2.07. The minimum absolute atomic E-state index is 0.235. The molecule has 0 spiro atoms. The fourth-order valence-electron chi connectivity index (χ4n) is 2.56. The minimum Gasteiger partial charge on any atom is -0.339 e. The summed E-state index contributed by atoms with van der Waals surface area (Å²) in [4.78, 5) is 14.2. The Morgan fingerprint density at radius 1 is 1.12 bits per heavy atom. The average molecular weight is 233 g/mol. The molecule has 1 saturated heterocycles. The Bertz CT molecular complexity index is 365. The molecule has 1 aliphatic heterocycles. The van der Waals surface area contributed by atoms with Gasteiger partial charge in [-0.25, -0.2) is 0 Å². The van der Waals surface area contributed by atoms with Crippen molar-refractivity contribution in [1.82, 2.24) is 4.90 Å². The smallest absolute Gasteiger partial charge is 0.249 e. The highest BCUT2D eigenvalue weighted by Crippen LogP contribution is 2.33. The number of amides is 1. The minimum atomic E-state index is 0.235. The van der Waals surface area contributed by atoms with Crippen molar-refractivity contribution in [3.63, 3.8) is 0 Å². The SMILES string of the molecule is CC(C)(C)C1=CC=C(C(=O)N2CCCC2)CC1. The molecular formula is C15H23NO. The number of likely N-dealkylation sites (tertiary alicyclic amines) is 1. The van der Waals surface area contributed by atoms with Gasteiger partial charge in [-0.1, -0.05) is 38.5 Å². The first-order chi connectivity index (χ1) is 7.98. The molecule has 1 amide bonds. The molecule has 1 aliphatic carbocycles. The van der Waals surface area contributed by atoms with Crippen LogP contribution in [0.25, 0.3) is 0 Å². The number of hydrogen-bond donors (Lipinski definition) is 0. The van der Waals surface area contributed by atoms with Crippen LogP contribution in [0.3, 0.4) is 0 Å². The summed E-state index contributed by atoms with van der Waals surface area (Å²) in [7, 11) is 0. The van der Waals surface area contributed by atoms with Crippen molar-refractivity contribution in [2.75, 3.05) is 13.1 Å². The van der Waals surface area contributed by atoms with Crippen molar-refractivity contribution in [1.29, 1.82) is 0 Å². The van der Waals surface area contributed by atoms with Gasteiger partial charge in [-0.3, -0.25) is 4.79 Å². The summed E-state index contributed by atoms with van der Waals surface area (Å²) in [5.74, 6) is 0.270. The van der Waals surface area contributed by atoms with Crippen molar-refractivity contribution in [3.8, 4) is 0 Å². The summed E-state index contributed by atoms with van der Waals surface area (Å²) in [6, 6.07) is 0. The molecule has 0 aromatic carbocycles. The molecule has 0 unspecified atom stereocenters. The maximum atomic E-state index is 12.2. The van der Waals surface area contributed by atoms with Crippen molar-refractivity contribution < 1.29 is 4.79 Å². The molecule has 0 radical (unpaired) electrons. The van der Waals surface area contributed by atoms with Crippen LogP contribution in [0.5, 0.6) is 0 Å². The van der Waals surface area contributed by atoms with Gasteiger partial charge in [0.05, 0.1) is 0 Å². The van der Waals surface area contributed by atoms with Crippen LogP contribution < -0.4 is 0 Å². The first-order valence-electron chi connectivity index (χ1n) is 6.68. The van der Waals surface area contributed by atoms with Gasteiger partial charge in [-0.15, -0.1) is 0 Å². The Labute approximate surface area is 104 Å². The third-order valence-electron chi connectivity index (χ3n) is 3.78. The first-order valence-corrected chi connectivity index (χ1v) is 6.68. The summed E-state index contributed by atoms with van der Waals surface area (Å²) in [6.07, 6.45) is 8.50. The normalized spacial score (nSPS) is 21.2. The lowest BCUT2D eigenvalue weighted by atomic mass is 9.80. The molecule has 0 atom stereocenters. The Hall–Kier alpha value is -1.05. The van der Waals surface area contributed by atoms with E-state index in [1.165, 1.54) is 18.4 Å². The zero-order valence-corrected chi connectivity index (χ0v) is 11.3. The van der Waals surface area contributed by atoms with E-state index in [1.807, 2.05) is 11.0 Å². The topological polar surface area (TPSA) is 20.3 Å². The van der Waals surface area contributed by atoms with E-state index >= 15 is 0 Å². The van der Waals surface area contributed by atoms with Crippen LogP contribution >= 0.6 is 0 Å². The molecule has 17 heavy (non-hydrogen) atoms. The van der Waals surface area contributed by atoms with Gasteiger partial charge in [-0.2, -0.15) is 0 Å². The van der Waals surface area contributed by atoms with Gasteiger partial charge >= 0.3 is 0 Å². The van der Waals surface area contributed by atoms with Crippen molar-refractivity contribution >= 4 is 5.91 Å². The summed E-state index contributed by atoms with van der Waals surface area (Å²) in [5.41, 5.74) is 2.69. The van der Waals surface area contributed by atoms with E-state index in [1.54, 1.807) is 0 Å². The van der Waals surface area contributed by atoms with Crippen LogP contribution in [0.1, 0.15) is 46.5 Å². The molecule has 0 aromatic rings. The second kappa shape index (κ2) is 4.67. The van der Waals surface area contributed by atoms with E-state index in [4.69, 9.17) is 0 Å². The summed E-state index contributed by atoms with van der Waals surface area (Å²) >= 11 is 0. The van der Waals surface area contributed by atoms with Gasteiger partial charge in [0.25, 0.3) is 0 Å². The van der Waals surface area contributed by atoms with Gasteiger partial charge in [0.15, 0.2) is 0 Å². The molecule has 0 bridgehead atoms. The largest absolute Gasteiger partial charge is 0.339 e. The fraction of sp³-hybridized carbons (Fsp3) is 0.667. The highest BCUT2D eigenvalue weighted by atomic mass is 16.2. The molecule has 0 saturated carbocycles. The standard InChI is InChI=1S/C15H23NO/c1-15(2,3)13-8-6-12(7-9-13)14(17)16-10-4-5-11-16/h6,8H,4-5,7,9-11H2,1-3H3. The lowest BCUT2D eigenvalue weighted by molar-refractivity contribution is -0.126. The van der Waals surface area contributed by atoms with Crippen molar-refractivity contribution in [2.45, 2.75) is 46.5 Å². The number of carbonyl (C=O) groups is 1. The van der Waals surface area contributed by atoms with E-state index in [0.717, 1.165) is 31.5 Å². The van der Waals surface area contributed by atoms with Gasteiger partial charge in [0.1, 0.15) is 0 Å². The van der Waals surface area contributed by atoms with Crippen LogP contribution in [0.15, 0.2) is 23.3 Å². The van der Waals surface area contributed by atoms with Gasteiger partial charge in [0.2, 0.25) is 5.91 Å². The number of hydrogen-bond acceptors (Lipinski definition) is 1. The Kier molecular flexibility index (Phi) is 3.41. The average Bonchev–Trinajstić information content (AvgIpc) is 2.80. The van der Waals surface area contributed by atoms with Gasteiger partial charge in [-0.05, 0) is 31.1 Å². The highest BCUT2D eigenvalue weighted by molar-refractivity contribution is 5.94. The molecule has 0 N–H and O–H groups in total. The van der Waals surface area contributed by atoms with Crippen LogP contribution in [0.4, 0.5) is 0 Å². The van der Waals surface area contributed by atoms with E-state index in [9.17, 15) is 4.79 Å². The van der Waals surface area contributed by atoms with Crippen LogP contribution in [0, 0.1) is 5.41 Å². The first kappa shape index (κ1) is 12.4. The van der Waals surface area contributed by atoms with Crippen LogP contribution in [0.2, 0.25) is 0 Å². The van der Waals surface area contributed by atoms with E-state index in [-0.39, 0.29) is 11.3 Å². The zero-order valence-electron chi connectivity index (χ0n) is 11.3. The number of allylic oxidation sites excluding steroid dienone is 3. The van der Waals surface area contributed by atoms with Crippen molar-refractivity contribution in [2.24, 2.45) is 5.41 Å². The molecule has 2 heteroatoms. The predicted octanol–water partition coefficient (Wildman–Crippen LogP) is 3.30. The van der Waals surface area contributed by atoms with Crippen LogP contribution in [-0.2, 0) is 4.79 Å². The quantitative estimate of drug-likeness (QED) is 0.680. The van der Waals surface area contributed by atoms with E-state index in [2.05, 4.69) is 26.8 Å². The van der Waals surface area contributed by atoms with E-state index in [0.29, 0.717) is 0 Å².